The van der Waals surface area contributed by atoms with Crippen LogP contribution >= 0.6 is 0 Å². The standard InChI is InChI=1S/C12H16FNO3/c1-12(2,17-3)7-14-10-5-4-8(13)6-9(10)11(15)16/h4-6,14H,7H2,1-3H3,(H,15,16). The van der Waals surface area contributed by atoms with E-state index in [-0.39, 0.29) is 5.56 Å². The summed E-state index contributed by atoms with van der Waals surface area (Å²) in [5.41, 5.74) is -0.134. The molecule has 2 N–H and O–H groups in total. The van der Waals surface area contributed by atoms with Crippen LogP contribution in [0, 0.1) is 5.82 Å². The topological polar surface area (TPSA) is 58.6 Å². The minimum absolute atomic E-state index is 0.0862. The quantitative estimate of drug-likeness (QED) is 0.830. The molecule has 0 aliphatic heterocycles. The zero-order valence-electron chi connectivity index (χ0n) is 10.1. The van der Waals surface area contributed by atoms with Crippen molar-refractivity contribution in [1.29, 1.82) is 0 Å². The minimum Gasteiger partial charge on any atom is -0.478 e. The highest BCUT2D eigenvalue weighted by molar-refractivity contribution is 5.94. The molecule has 0 aliphatic carbocycles. The SMILES string of the molecule is COC(C)(C)CNc1ccc(F)cc1C(=O)O. The maximum atomic E-state index is 12.9. The molecule has 1 aromatic carbocycles. The van der Waals surface area contributed by atoms with E-state index in [1.165, 1.54) is 12.1 Å². The van der Waals surface area contributed by atoms with Crippen molar-refractivity contribution >= 4 is 11.7 Å². The van der Waals surface area contributed by atoms with E-state index in [9.17, 15) is 9.18 Å². The number of anilines is 1. The molecule has 0 saturated heterocycles. The van der Waals surface area contributed by atoms with Crippen molar-refractivity contribution < 1.29 is 19.0 Å². The van der Waals surface area contributed by atoms with Crippen LogP contribution in [-0.4, -0.2) is 30.3 Å². The maximum absolute atomic E-state index is 12.9. The highest BCUT2D eigenvalue weighted by Gasteiger charge is 2.18. The molecule has 0 amide bonds. The summed E-state index contributed by atoms with van der Waals surface area (Å²) in [6.45, 7) is 4.16. The Morgan fingerprint density at radius 2 is 2.18 bits per heavy atom. The van der Waals surface area contributed by atoms with Crippen LogP contribution in [0.15, 0.2) is 18.2 Å². The Bertz CT molecular complexity index is 418. The molecule has 0 bridgehead atoms. The summed E-state index contributed by atoms with van der Waals surface area (Å²) in [6, 6.07) is 3.61. The van der Waals surface area contributed by atoms with Crippen molar-refractivity contribution in [1.82, 2.24) is 0 Å². The smallest absolute Gasteiger partial charge is 0.337 e. The number of carbonyl (C=O) groups is 1. The van der Waals surface area contributed by atoms with E-state index < -0.39 is 17.4 Å². The Labute approximate surface area is 99.4 Å². The molecule has 17 heavy (non-hydrogen) atoms. The van der Waals surface area contributed by atoms with Gasteiger partial charge >= 0.3 is 5.97 Å². The molecule has 4 nitrogen and oxygen atoms in total. The fourth-order valence-electron chi connectivity index (χ4n) is 1.23. The van der Waals surface area contributed by atoms with Gasteiger partial charge in [-0.15, -0.1) is 0 Å². The number of carboxylic acid groups (broad SMARTS) is 1. The van der Waals surface area contributed by atoms with Gasteiger partial charge in [0.15, 0.2) is 0 Å². The van der Waals surface area contributed by atoms with Gasteiger partial charge in [0.25, 0.3) is 0 Å². The van der Waals surface area contributed by atoms with Gasteiger partial charge < -0.3 is 15.2 Å². The van der Waals surface area contributed by atoms with Crippen molar-refractivity contribution in [2.75, 3.05) is 19.0 Å². The van der Waals surface area contributed by atoms with Gasteiger partial charge in [-0.05, 0) is 32.0 Å². The zero-order chi connectivity index (χ0) is 13.1. The minimum atomic E-state index is -1.16. The molecule has 0 fully saturated rings. The molecule has 1 aromatic rings. The summed E-state index contributed by atoms with van der Waals surface area (Å²) >= 11 is 0. The third-order valence-corrected chi connectivity index (χ3v) is 2.47. The van der Waals surface area contributed by atoms with E-state index in [1.807, 2.05) is 13.8 Å². The number of ether oxygens (including phenoxy) is 1. The molecule has 0 unspecified atom stereocenters. The van der Waals surface area contributed by atoms with E-state index in [4.69, 9.17) is 9.84 Å². The van der Waals surface area contributed by atoms with Gasteiger partial charge in [0.2, 0.25) is 0 Å². The molecule has 0 saturated carbocycles. The molecule has 0 spiro atoms. The van der Waals surface area contributed by atoms with Crippen LogP contribution in [0.1, 0.15) is 24.2 Å². The summed E-state index contributed by atoms with van der Waals surface area (Å²) in [4.78, 5) is 10.9. The molecule has 94 valence electrons. The van der Waals surface area contributed by atoms with Crippen LogP contribution in [0.5, 0.6) is 0 Å². The van der Waals surface area contributed by atoms with Crippen LogP contribution in [0.2, 0.25) is 0 Å². The second-order valence-corrected chi connectivity index (χ2v) is 4.31. The highest BCUT2D eigenvalue weighted by atomic mass is 19.1. The lowest BCUT2D eigenvalue weighted by atomic mass is 10.1. The van der Waals surface area contributed by atoms with Crippen LogP contribution in [0.4, 0.5) is 10.1 Å². The van der Waals surface area contributed by atoms with Gasteiger partial charge in [0, 0.05) is 19.3 Å². The van der Waals surface area contributed by atoms with Gasteiger partial charge in [0.1, 0.15) is 5.82 Å². The van der Waals surface area contributed by atoms with Crippen molar-refractivity contribution in [2.45, 2.75) is 19.4 Å². The third kappa shape index (κ3) is 3.71. The Hall–Kier alpha value is -1.62. The van der Waals surface area contributed by atoms with Crippen LogP contribution < -0.4 is 5.32 Å². The Morgan fingerprint density at radius 1 is 1.53 bits per heavy atom. The Kier molecular flexibility index (Phi) is 4.07. The van der Waals surface area contributed by atoms with E-state index in [0.29, 0.717) is 12.2 Å². The number of halogens is 1. The van der Waals surface area contributed by atoms with Gasteiger partial charge in [-0.1, -0.05) is 0 Å². The molecule has 0 radical (unpaired) electrons. The van der Waals surface area contributed by atoms with Gasteiger partial charge in [-0.25, -0.2) is 9.18 Å². The number of carboxylic acids is 1. The number of rotatable bonds is 5. The first-order chi connectivity index (χ1) is 7.85. The first kappa shape index (κ1) is 13.4. The first-order valence-electron chi connectivity index (χ1n) is 5.17. The lowest BCUT2D eigenvalue weighted by molar-refractivity contribution is 0.0343. The summed E-state index contributed by atoms with van der Waals surface area (Å²) in [7, 11) is 1.57. The number of hydrogen-bond acceptors (Lipinski definition) is 3. The van der Waals surface area contributed by atoms with E-state index in [1.54, 1.807) is 7.11 Å². The maximum Gasteiger partial charge on any atom is 0.337 e. The molecule has 1 rings (SSSR count). The normalized spacial score (nSPS) is 11.3. The molecule has 5 heteroatoms. The molecule has 0 atom stereocenters. The van der Waals surface area contributed by atoms with Gasteiger partial charge in [0.05, 0.1) is 11.2 Å². The van der Waals surface area contributed by atoms with Crippen molar-refractivity contribution in [3.05, 3.63) is 29.6 Å². The van der Waals surface area contributed by atoms with E-state index in [2.05, 4.69) is 5.32 Å². The monoisotopic (exact) mass is 241 g/mol. The van der Waals surface area contributed by atoms with E-state index >= 15 is 0 Å². The van der Waals surface area contributed by atoms with Crippen LogP contribution in [-0.2, 0) is 4.74 Å². The number of benzene rings is 1. The average molecular weight is 241 g/mol. The molecule has 0 heterocycles. The predicted octanol–water partition coefficient (Wildman–Crippen LogP) is 2.36. The fourth-order valence-corrected chi connectivity index (χ4v) is 1.23. The second-order valence-electron chi connectivity index (χ2n) is 4.31. The highest BCUT2D eigenvalue weighted by Crippen LogP contribution is 2.18. The number of methoxy groups -OCH3 is 1. The number of hydrogen-bond donors (Lipinski definition) is 2. The van der Waals surface area contributed by atoms with Gasteiger partial charge in [-0.3, -0.25) is 0 Å². The third-order valence-electron chi connectivity index (χ3n) is 2.47. The van der Waals surface area contributed by atoms with Crippen molar-refractivity contribution in [2.24, 2.45) is 0 Å². The number of aromatic carboxylic acids is 1. The summed E-state index contributed by atoms with van der Waals surface area (Å²) in [5.74, 6) is -1.74. The van der Waals surface area contributed by atoms with E-state index in [0.717, 1.165) is 6.07 Å². The summed E-state index contributed by atoms with van der Waals surface area (Å²) in [6.07, 6.45) is 0. The van der Waals surface area contributed by atoms with Crippen molar-refractivity contribution in [3.63, 3.8) is 0 Å². The summed E-state index contributed by atoms with van der Waals surface area (Å²) in [5, 5.41) is 11.9. The molecular weight excluding hydrogens is 225 g/mol. The molecule has 0 aliphatic rings. The predicted molar refractivity (Wildman–Crippen MR) is 62.9 cm³/mol. The van der Waals surface area contributed by atoms with Crippen LogP contribution in [0.3, 0.4) is 0 Å². The van der Waals surface area contributed by atoms with Crippen LogP contribution in [0.25, 0.3) is 0 Å². The average Bonchev–Trinajstić information content (AvgIpc) is 2.27. The molecule has 0 aromatic heterocycles. The lowest BCUT2D eigenvalue weighted by Crippen LogP contribution is -2.32. The number of nitrogens with one attached hydrogen (secondary N) is 1. The van der Waals surface area contributed by atoms with Crippen molar-refractivity contribution in [3.8, 4) is 0 Å². The Morgan fingerprint density at radius 3 is 2.71 bits per heavy atom. The zero-order valence-corrected chi connectivity index (χ0v) is 10.1. The fraction of sp³-hybridized carbons (Fsp3) is 0.417. The largest absolute Gasteiger partial charge is 0.478 e. The Balaban J connectivity index is 2.88. The second kappa shape index (κ2) is 5.14. The summed E-state index contributed by atoms with van der Waals surface area (Å²) < 4.78 is 18.1. The molecular formula is C12H16FNO3. The lowest BCUT2D eigenvalue weighted by Gasteiger charge is -2.24. The van der Waals surface area contributed by atoms with Gasteiger partial charge in [-0.2, -0.15) is 0 Å². The first-order valence-corrected chi connectivity index (χ1v) is 5.17.